The minimum Gasteiger partial charge on any atom is -0.467 e. The third kappa shape index (κ3) is 2.16. The average Bonchev–Trinajstić information content (AvgIpc) is 3.36. The lowest BCUT2D eigenvalue weighted by molar-refractivity contribution is -0.497. The van der Waals surface area contributed by atoms with E-state index in [4.69, 9.17) is 23.4 Å². The first-order chi connectivity index (χ1) is 16.2. The molecule has 8 heteroatoms. The summed E-state index contributed by atoms with van der Waals surface area (Å²) in [5, 5.41) is 37.0. The molecule has 192 valence electrons. The van der Waals surface area contributed by atoms with E-state index in [0.29, 0.717) is 24.2 Å². The first kappa shape index (κ1) is 22.9. The maximum Gasteiger partial charge on any atom is 0.224 e. The van der Waals surface area contributed by atoms with E-state index < -0.39 is 57.7 Å². The van der Waals surface area contributed by atoms with Crippen molar-refractivity contribution in [3.8, 4) is 0 Å². The number of ether oxygens (including phenoxy) is 4. The Morgan fingerprint density at radius 3 is 2.40 bits per heavy atom. The van der Waals surface area contributed by atoms with Crippen LogP contribution in [0.5, 0.6) is 0 Å². The minimum absolute atomic E-state index is 0.0816. The highest BCUT2D eigenvalue weighted by molar-refractivity contribution is 5.42. The second kappa shape index (κ2) is 6.07. The van der Waals surface area contributed by atoms with E-state index >= 15 is 0 Å². The van der Waals surface area contributed by atoms with Crippen molar-refractivity contribution < 1.29 is 38.7 Å². The van der Waals surface area contributed by atoms with Crippen LogP contribution in [0.1, 0.15) is 72.7 Å². The molecule has 6 aliphatic rings. The third-order valence-electron chi connectivity index (χ3n) is 10.5. The van der Waals surface area contributed by atoms with Gasteiger partial charge in [-0.15, -0.1) is 0 Å². The van der Waals surface area contributed by atoms with Crippen LogP contribution in [0.15, 0.2) is 34.5 Å². The van der Waals surface area contributed by atoms with E-state index in [1.165, 1.54) is 0 Å². The van der Waals surface area contributed by atoms with Crippen LogP contribution in [0.2, 0.25) is 0 Å². The highest BCUT2D eigenvalue weighted by atomic mass is 16.8. The number of furan rings is 1. The van der Waals surface area contributed by atoms with Crippen LogP contribution in [0.25, 0.3) is 0 Å². The molecule has 1 spiro atoms. The molecule has 0 aromatic carbocycles. The van der Waals surface area contributed by atoms with Gasteiger partial charge < -0.3 is 38.7 Å². The molecule has 0 radical (unpaired) electrons. The first-order valence-electron chi connectivity index (χ1n) is 12.8. The number of rotatable bonds is 2. The maximum atomic E-state index is 12.5. The van der Waals surface area contributed by atoms with Crippen molar-refractivity contribution >= 4 is 0 Å². The summed E-state index contributed by atoms with van der Waals surface area (Å²) in [6.45, 7) is 11.8. The molecule has 35 heavy (non-hydrogen) atoms. The topological polar surface area (TPSA) is 111 Å². The van der Waals surface area contributed by atoms with E-state index in [-0.39, 0.29) is 18.3 Å². The molecule has 8 nitrogen and oxygen atoms in total. The van der Waals surface area contributed by atoms with E-state index in [2.05, 4.69) is 6.92 Å². The van der Waals surface area contributed by atoms with Gasteiger partial charge in [0.2, 0.25) is 5.79 Å². The van der Waals surface area contributed by atoms with Crippen LogP contribution in [0.4, 0.5) is 0 Å². The zero-order valence-electron chi connectivity index (χ0n) is 21.2. The summed E-state index contributed by atoms with van der Waals surface area (Å²) in [6, 6.07) is 3.74. The predicted molar refractivity (Wildman–Crippen MR) is 122 cm³/mol. The zero-order valence-corrected chi connectivity index (χ0v) is 21.2. The van der Waals surface area contributed by atoms with Gasteiger partial charge in [-0.2, -0.15) is 0 Å². The normalized spacial score (nSPS) is 57.3. The Kier molecular flexibility index (Phi) is 3.97. The highest BCUT2D eigenvalue weighted by Gasteiger charge is 2.92. The molecule has 4 aliphatic heterocycles. The summed E-state index contributed by atoms with van der Waals surface area (Å²) in [7, 11) is 0. The van der Waals surface area contributed by atoms with Crippen LogP contribution < -0.4 is 0 Å². The minimum atomic E-state index is -2.07. The number of aliphatic hydroxyl groups is 3. The van der Waals surface area contributed by atoms with Gasteiger partial charge in [0.25, 0.3) is 0 Å². The lowest BCUT2D eigenvalue weighted by Crippen LogP contribution is -2.86. The molecule has 3 N–H and O–H groups in total. The van der Waals surface area contributed by atoms with E-state index in [0.717, 1.165) is 0 Å². The fourth-order valence-electron chi connectivity index (χ4n) is 8.74. The molecule has 5 fully saturated rings. The second-order valence-corrected chi connectivity index (χ2v) is 13.0. The molecule has 10 atom stereocenters. The fourth-order valence-corrected chi connectivity index (χ4v) is 8.74. The van der Waals surface area contributed by atoms with Crippen molar-refractivity contribution in [3.05, 3.63) is 35.8 Å². The van der Waals surface area contributed by atoms with Crippen LogP contribution in [-0.2, 0) is 18.9 Å². The Balaban J connectivity index is 1.52. The number of fused-ring (bicyclic) bond motifs is 1. The van der Waals surface area contributed by atoms with Crippen molar-refractivity contribution in [2.75, 3.05) is 0 Å². The Hall–Kier alpha value is -1.26. The standard InChI is InChI=1S/C27H36O8/c1-14(2)23-13-17-22(6,18(32-23)16-8-7-11-31-16)9-10-24(28)26(17)20(33-23)25(29)19(34-24)21(4,5)12-15(3)27(25,30)35-26/h7-8,11-12,14,17-20,28-30H,9-10,13H2,1-6H3/t17-,18+,19+,20-,22-,23-,24+,25+,26-,27-/m1/s1. The van der Waals surface area contributed by atoms with Crippen molar-refractivity contribution in [1.29, 1.82) is 0 Å². The Labute approximate surface area is 205 Å². The Morgan fingerprint density at radius 2 is 1.74 bits per heavy atom. The van der Waals surface area contributed by atoms with Gasteiger partial charge in [-0.25, -0.2) is 0 Å². The van der Waals surface area contributed by atoms with Gasteiger partial charge in [-0.1, -0.05) is 40.7 Å². The molecule has 4 saturated heterocycles. The lowest BCUT2D eigenvalue weighted by Gasteiger charge is -2.72. The molecule has 0 amide bonds. The van der Waals surface area contributed by atoms with Crippen molar-refractivity contribution in [3.63, 3.8) is 0 Å². The molecule has 2 aliphatic carbocycles. The average molecular weight is 489 g/mol. The molecule has 4 bridgehead atoms. The van der Waals surface area contributed by atoms with Crippen LogP contribution >= 0.6 is 0 Å². The summed E-state index contributed by atoms with van der Waals surface area (Å²) in [5.41, 5.74) is -4.18. The number of hydrogen-bond donors (Lipinski definition) is 3. The molecule has 7 rings (SSSR count). The summed E-state index contributed by atoms with van der Waals surface area (Å²) >= 11 is 0. The molecular formula is C27H36O8. The van der Waals surface area contributed by atoms with Gasteiger partial charge in [0, 0.05) is 35.5 Å². The molecular weight excluding hydrogens is 452 g/mol. The van der Waals surface area contributed by atoms with Gasteiger partial charge in [0.1, 0.15) is 24.1 Å². The largest absolute Gasteiger partial charge is 0.467 e. The first-order valence-corrected chi connectivity index (χ1v) is 12.8. The van der Waals surface area contributed by atoms with Crippen LogP contribution in [0.3, 0.4) is 0 Å². The van der Waals surface area contributed by atoms with Gasteiger partial charge in [-0.3, -0.25) is 0 Å². The highest BCUT2D eigenvalue weighted by Crippen LogP contribution is 2.77. The van der Waals surface area contributed by atoms with Crippen molar-refractivity contribution in [2.24, 2.45) is 22.7 Å². The summed E-state index contributed by atoms with van der Waals surface area (Å²) in [5.74, 6) is -4.65. The quantitative estimate of drug-likeness (QED) is 0.545. The Morgan fingerprint density at radius 1 is 1.00 bits per heavy atom. The summed E-state index contributed by atoms with van der Waals surface area (Å²) < 4.78 is 32.7. The van der Waals surface area contributed by atoms with Crippen molar-refractivity contribution in [1.82, 2.24) is 0 Å². The molecule has 1 saturated carbocycles. The molecule has 5 heterocycles. The predicted octanol–water partition coefficient (Wildman–Crippen LogP) is 3.17. The van der Waals surface area contributed by atoms with Gasteiger partial charge >= 0.3 is 0 Å². The summed E-state index contributed by atoms with van der Waals surface area (Å²) in [6.07, 6.45) is 2.30. The Bertz CT molecular complexity index is 1130. The van der Waals surface area contributed by atoms with Gasteiger partial charge in [0.05, 0.1) is 6.26 Å². The van der Waals surface area contributed by atoms with Crippen molar-refractivity contribution in [2.45, 2.75) is 108 Å². The van der Waals surface area contributed by atoms with E-state index in [1.807, 2.05) is 45.9 Å². The van der Waals surface area contributed by atoms with Gasteiger partial charge in [-0.05, 0) is 31.1 Å². The van der Waals surface area contributed by atoms with E-state index in [9.17, 15) is 15.3 Å². The SMILES string of the molecule is CC1=CC(C)(C)[C@@H]2O[C@@]3(O)CC[C@]4(C)[C@H]5C[C@](C(C)C)(O[C@@H]6[C@]2(O)[C@]1(O)O[C@]563)O[C@H]4c1ccco1. The van der Waals surface area contributed by atoms with Gasteiger partial charge in [0.15, 0.2) is 22.8 Å². The maximum absolute atomic E-state index is 12.5. The summed E-state index contributed by atoms with van der Waals surface area (Å²) in [4.78, 5) is 0. The zero-order chi connectivity index (χ0) is 25.0. The monoisotopic (exact) mass is 488 g/mol. The molecule has 0 unspecified atom stereocenters. The molecule has 1 aromatic heterocycles. The third-order valence-corrected chi connectivity index (χ3v) is 10.5. The molecule has 1 aromatic rings. The second-order valence-electron chi connectivity index (χ2n) is 13.0. The van der Waals surface area contributed by atoms with E-state index in [1.54, 1.807) is 13.2 Å². The fraction of sp³-hybridized carbons (Fsp3) is 0.778. The number of hydrogen-bond acceptors (Lipinski definition) is 8. The smallest absolute Gasteiger partial charge is 0.224 e. The lowest BCUT2D eigenvalue weighted by atomic mass is 9.47. The van der Waals surface area contributed by atoms with Crippen LogP contribution in [-0.4, -0.2) is 56.1 Å². The van der Waals surface area contributed by atoms with Crippen LogP contribution in [0, 0.1) is 22.7 Å².